The van der Waals surface area contributed by atoms with Crippen LogP contribution in [0.3, 0.4) is 0 Å². The van der Waals surface area contributed by atoms with Crippen molar-refractivity contribution in [1.82, 2.24) is 0 Å². The fourth-order valence-corrected chi connectivity index (χ4v) is 5.84. The number of fused-ring (bicyclic) bond motifs is 1. The molecule has 1 atom stereocenters. The molecular weight excluding hydrogens is 343 g/mol. The lowest BCUT2D eigenvalue weighted by Gasteiger charge is -2.21. The van der Waals surface area contributed by atoms with Crippen LogP contribution in [0.4, 0.5) is 0 Å². The zero-order valence-corrected chi connectivity index (χ0v) is 16.5. The Kier molecular flexibility index (Phi) is 5.13. The van der Waals surface area contributed by atoms with Gasteiger partial charge in [-0.25, -0.2) is 0 Å². The molecule has 1 unspecified atom stereocenters. The Morgan fingerprint density at radius 3 is 2.23 bits per heavy atom. The minimum Gasteiger partial charge on any atom is -0.320 e. The number of aryl methyl sites for hydroxylation is 3. The molecule has 0 fully saturated rings. The maximum atomic E-state index is 13.9. The first kappa shape index (κ1) is 18.6. The van der Waals surface area contributed by atoms with E-state index < -0.39 is 12.9 Å². The van der Waals surface area contributed by atoms with E-state index in [2.05, 4.69) is 0 Å². The largest absolute Gasteiger partial charge is 0.320 e. The first-order valence-corrected chi connectivity index (χ1v) is 10.4. The molecule has 0 spiro atoms. The third-order valence-corrected chi connectivity index (χ3v) is 6.96. The van der Waals surface area contributed by atoms with Gasteiger partial charge in [-0.15, -0.1) is 0 Å². The maximum absolute atomic E-state index is 13.9. The molecule has 0 saturated heterocycles. The molecule has 0 radical (unpaired) electrons. The third kappa shape index (κ3) is 3.13. The topological polar surface area (TPSA) is 43.4 Å². The van der Waals surface area contributed by atoms with Gasteiger partial charge in [-0.05, 0) is 55.7 Å². The lowest BCUT2D eigenvalue weighted by molar-refractivity contribution is 0.105. The Labute approximate surface area is 154 Å². The minimum atomic E-state index is -3.74. The van der Waals surface area contributed by atoms with Gasteiger partial charge in [0.15, 0.2) is 0 Å². The van der Waals surface area contributed by atoms with Crippen molar-refractivity contribution in [2.45, 2.75) is 27.7 Å². The van der Waals surface area contributed by atoms with Crippen LogP contribution in [-0.4, -0.2) is 12.1 Å². The summed E-state index contributed by atoms with van der Waals surface area (Å²) in [5.41, 5.74) is 2.80. The van der Waals surface area contributed by atoms with Crippen molar-refractivity contribution < 1.29 is 13.9 Å². The number of hydrogen-bond acceptors (Lipinski definition) is 3. The van der Waals surface area contributed by atoms with Crippen molar-refractivity contribution >= 4 is 29.0 Å². The highest BCUT2D eigenvalue weighted by molar-refractivity contribution is 7.83. The van der Waals surface area contributed by atoms with Crippen LogP contribution < -0.4 is 5.30 Å². The molecule has 0 aromatic heterocycles. The lowest BCUT2D eigenvalue weighted by Crippen LogP contribution is -2.18. The van der Waals surface area contributed by atoms with E-state index in [1.165, 1.54) is 0 Å². The van der Waals surface area contributed by atoms with Gasteiger partial charge in [0.2, 0.25) is 0 Å². The molecule has 0 heterocycles. The van der Waals surface area contributed by atoms with Gasteiger partial charge in [0.1, 0.15) is 0 Å². The van der Waals surface area contributed by atoms with Gasteiger partial charge in [0.25, 0.3) is 5.52 Å². The molecule has 3 rings (SSSR count). The van der Waals surface area contributed by atoms with Crippen LogP contribution >= 0.6 is 7.37 Å². The van der Waals surface area contributed by atoms with Crippen molar-refractivity contribution in [3.05, 3.63) is 76.9 Å². The average Bonchev–Trinajstić information content (AvgIpc) is 2.60. The van der Waals surface area contributed by atoms with Crippen molar-refractivity contribution in [3.63, 3.8) is 0 Å². The summed E-state index contributed by atoms with van der Waals surface area (Å²) in [6.07, 6.45) is 0. The van der Waals surface area contributed by atoms with E-state index in [4.69, 9.17) is 4.52 Å². The van der Waals surface area contributed by atoms with Crippen LogP contribution in [0.25, 0.3) is 10.8 Å². The predicted molar refractivity (Wildman–Crippen MR) is 108 cm³/mol. The molecule has 3 nitrogen and oxygen atoms in total. The summed E-state index contributed by atoms with van der Waals surface area (Å²) in [4.78, 5) is 13.5. The molecule has 3 aromatic rings. The molecule has 3 aromatic carbocycles. The molecular formula is C22H23O3P. The summed E-state index contributed by atoms with van der Waals surface area (Å²) in [6, 6.07) is 17.0. The zero-order valence-electron chi connectivity index (χ0n) is 15.6. The fourth-order valence-electron chi connectivity index (χ4n) is 3.55. The Morgan fingerprint density at radius 1 is 0.962 bits per heavy atom. The predicted octanol–water partition coefficient (Wildman–Crippen LogP) is 5.55. The summed E-state index contributed by atoms with van der Waals surface area (Å²) in [5.74, 6) is 0. The van der Waals surface area contributed by atoms with Gasteiger partial charge in [-0.3, -0.25) is 9.36 Å². The second-order valence-electron chi connectivity index (χ2n) is 6.55. The van der Waals surface area contributed by atoms with Gasteiger partial charge in [-0.1, -0.05) is 54.1 Å². The molecule has 4 heteroatoms. The molecule has 26 heavy (non-hydrogen) atoms. The average molecular weight is 366 g/mol. The molecule has 0 N–H and O–H groups in total. The Morgan fingerprint density at radius 2 is 1.58 bits per heavy atom. The van der Waals surface area contributed by atoms with E-state index >= 15 is 0 Å². The van der Waals surface area contributed by atoms with E-state index in [9.17, 15) is 9.36 Å². The smallest absolute Gasteiger partial charge is 0.301 e. The summed E-state index contributed by atoms with van der Waals surface area (Å²) >= 11 is 0. The molecule has 0 bridgehead atoms. The van der Waals surface area contributed by atoms with E-state index in [-0.39, 0.29) is 6.61 Å². The molecule has 0 saturated carbocycles. The third-order valence-electron chi connectivity index (χ3n) is 4.55. The van der Waals surface area contributed by atoms with Crippen LogP contribution in [0.15, 0.2) is 54.6 Å². The van der Waals surface area contributed by atoms with E-state index in [1.807, 2.05) is 69.3 Å². The highest BCUT2D eigenvalue weighted by atomic mass is 31.2. The Bertz CT molecular complexity index is 1010. The van der Waals surface area contributed by atoms with Crippen LogP contribution in [0.1, 0.15) is 34.0 Å². The van der Waals surface area contributed by atoms with Gasteiger partial charge in [-0.2, -0.15) is 0 Å². The van der Waals surface area contributed by atoms with E-state index in [0.29, 0.717) is 10.9 Å². The number of carbonyl (C=O) groups is 1. The fraction of sp³-hybridized carbons (Fsp3) is 0.227. The number of hydrogen-bond donors (Lipinski definition) is 0. The van der Waals surface area contributed by atoms with Gasteiger partial charge < -0.3 is 4.52 Å². The number of benzene rings is 3. The Balaban J connectivity index is 2.26. The minimum absolute atomic E-state index is 0.205. The van der Waals surface area contributed by atoms with Crippen molar-refractivity contribution in [2.24, 2.45) is 0 Å². The quantitative estimate of drug-likeness (QED) is 0.557. The van der Waals surface area contributed by atoms with E-state index in [1.54, 1.807) is 13.0 Å². The first-order valence-electron chi connectivity index (χ1n) is 8.74. The van der Waals surface area contributed by atoms with Crippen molar-refractivity contribution in [1.29, 1.82) is 0 Å². The first-order chi connectivity index (χ1) is 12.4. The van der Waals surface area contributed by atoms with Crippen molar-refractivity contribution in [2.75, 3.05) is 6.61 Å². The molecule has 134 valence electrons. The molecule has 0 aliphatic carbocycles. The number of rotatable bonds is 5. The second-order valence-corrected chi connectivity index (χ2v) is 8.80. The summed E-state index contributed by atoms with van der Waals surface area (Å²) in [5, 5.41) is 2.21. The SMILES string of the molecule is CCOP(=O)(C(=O)c1c(C)cc(C)cc1C)c1cccc2ccccc12. The highest BCUT2D eigenvalue weighted by Gasteiger charge is 2.38. The Hall–Kier alpha value is -2.22. The summed E-state index contributed by atoms with van der Waals surface area (Å²) in [6.45, 7) is 7.72. The normalized spacial score (nSPS) is 13.5. The van der Waals surface area contributed by atoms with Gasteiger partial charge >= 0.3 is 7.37 Å². The highest BCUT2D eigenvalue weighted by Crippen LogP contribution is 2.51. The van der Waals surface area contributed by atoms with Crippen LogP contribution in [-0.2, 0) is 9.09 Å². The van der Waals surface area contributed by atoms with Crippen LogP contribution in [0.2, 0.25) is 0 Å². The van der Waals surface area contributed by atoms with Gasteiger partial charge in [0, 0.05) is 5.56 Å². The maximum Gasteiger partial charge on any atom is 0.301 e. The zero-order chi connectivity index (χ0) is 18.9. The van der Waals surface area contributed by atoms with Crippen LogP contribution in [0, 0.1) is 20.8 Å². The van der Waals surface area contributed by atoms with Crippen LogP contribution in [0.5, 0.6) is 0 Å². The standard InChI is InChI=1S/C22H23O3P/c1-5-25-26(24,20-12-8-10-18-9-6-7-11-19(18)20)22(23)21-16(3)13-15(2)14-17(21)4/h6-14H,5H2,1-4H3. The second kappa shape index (κ2) is 7.19. The van der Waals surface area contributed by atoms with Gasteiger partial charge in [0.05, 0.1) is 11.9 Å². The lowest BCUT2D eigenvalue weighted by atomic mass is 10.0. The monoisotopic (exact) mass is 366 g/mol. The molecule has 0 aliphatic rings. The summed E-state index contributed by atoms with van der Waals surface area (Å²) in [7, 11) is -3.74. The van der Waals surface area contributed by atoms with E-state index in [0.717, 1.165) is 27.5 Å². The number of carbonyl (C=O) groups excluding carboxylic acids is 1. The van der Waals surface area contributed by atoms with Crippen molar-refractivity contribution in [3.8, 4) is 0 Å². The summed E-state index contributed by atoms with van der Waals surface area (Å²) < 4.78 is 19.6. The molecule has 0 aliphatic heterocycles. The molecule has 0 amide bonds.